The highest BCUT2D eigenvalue weighted by Gasteiger charge is 2.73. The molecule has 0 bridgehead atoms. The molecule has 39 nitrogen and oxygen atoms in total. The second kappa shape index (κ2) is 44.0. The summed E-state index contributed by atoms with van der Waals surface area (Å²) in [6.07, 6.45) is 7.86. The van der Waals surface area contributed by atoms with Crippen LogP contribution in [-0.2, 0) is 84.6 Å². The molecule has 18 N–H and O–H groups in total. The number of fused-ring (bicyclic) bond motifs is 4. The normalized spacial score (nSPS) is 24.3. The molecular weight excluding hydrogens is 1740 g/mol. The number of ketones is 3. The second-order valence-electron chi connectivity index (χ2n) is 44.3. The minimum Gasteiger partial charge on any atom is -0.447 e. The first-order valence-electron chi connectivity index (χ1n) is 48.1. The van der Waals surface area contributed by atoms with Crippen molar-refractivity contribution in [1.29, 1.82) is 0 Å². The molecular formula is C96H152N18O21. The van der Waals surface area contributed by atoms with Gasteiger partial charge < -0.3 is 110 Å². The Bertz CT molecular complexity index is 4560. The molecule has 18 amide bonds. The number of alkyl carbamates (subject to hydrolysis) is 3. The van der Waals surface area contributed by atoms with Crippen LogP contribution in [0.25, 0.3) is 0 Å². The number of rotatable bonds is 38. The number of hydrogen-bond donors (Lipinski definition) is 15. The minimum atomic E-state index is -1.10. The third-order valence-corrected chi connectivity index (χ3v) is 30.0. The lowest BCUT2D eigenvalue weighted by molar-refractivity contribution is -0.145. The summed E-state index contributed by atoms with van der Waals surface area (Å²) in [5.41, 5.74) is 16.1. The Balaban J connectivity index is 0.000000228. The van der Waals surface area contributed by atoms with E-state index in [1.807, 2.05) is 149 Å². The lowest BCUT2D eigenvalue weighted by Gasteiger charge is -2.38. The molecule has 3 unspecified atom stereocenters. The van der Waals surface area contributed by atoms with Crippen LogP contribution in [0.1, 0.15) is 220 Å². The average Bonchev–Trinajstić information content (AvgIpc) is 1.53. The molecule has 7 aliphatic carbocycles. The number of nitrogens with one attached hydrogen (secondary N) is 12. The Morgan fingerprint density at radius 1 is 0.393 bits per heavy atom. The molecule has 39 heteroatoms. The summed E-state index contributed by atoms with van der Waals surface area (Å²) in [6, 6.07) is -4.19. The van der Waals surface area contributed by atoms with Gasteiger partial charge in [0.15, 0.2) is 0 Å². The maximum absolute atomic E-state index is 14.7. The number of Topliss-reactive ketones (excluding diaryl/α,β-unsaturated/α-hetero) is 3. The fourth-order valence-corrected chi connectivity index (χ4v) is 20.4. The van der Waals surface area contributed by atoms with Crippen LogP contribution in [0.3, 0.4) is 0 Å². The maximum Gasteiger partial charge on any atom is 0.407 e. The smallest absolute Gasteiger partial charge is 0.407 e. The van der Waals surface area contributed by atoms with Crippen molar-refractivity contribution < 1.29 is 101 Å². The molecule has 3 aliphatic heterocycles. The van der Waals surface area contributed by atoms with Gasteiger partial charge in [-0.15, -0.1) is 0 Å². The molecule has 0 spiro atoms. The van der Waals surface area contributed by atoms with Crippen LogP contribution < -0.4 is 81.0 Å². The van der Waals surface area contributed by atoms with Crippen molar-refractivity contribution in [2.75, 3.05) is 53.6 Å². The van der Waals surface area contributed by atoms with E-state index in [1.165, 1.54) is 23.9 Å². The molecule has 10 aliphatic rings. The number of amides is 18. The summed E-state index contributed by atoms with van der Waals surface area (Å²) in [5.74, 6) is -8.49. The molecule has 3 heterocycles. The van der Waals surface area contributed by atoms with Gasteiger partial charge in [-0.3, -0.25) is 57.5 Å². The molecule has 1 aromatic rings. The number of carbonyl (C=O) groups excluding carboxylic acids is 18. The number of nitrogens with zero attached hydrogens (tertiary/aromatic N) is 3. The molecule has 3 saturated heterocycles. The summed E-state index contributed by atoms with van der Waals surface area (Å²) in [6.45, 7) is 38.9. The Hall–Kier alpha value is -10.9. The fourth-order valence-electron chi connectivity index (χ4n) is 20.4. The van der Waals surface area contributed by atoms with E-state index in [-0.39, 0.29) is 125 Å². The molecule has 0 aromatic heterocycles. The number of nitrogens with two attached hydrogens (primary N) is 3. The maximum atomic E-state index is 14.7. The van der Waals surface area contributed by atoms with Crippen molar-refractivity contribution >= 4 is 107 Å². The van der Waals surface area contributed by atoms with E-state index in [9.17, 15) is 86.3 Å². The van der Waals surface area contributed by atoms with Crippen molar-refractivity contribution in [2.24, 2.45) is 121 Å². The zero-order chi connectivity index (χ0) is 101. The van der Waals surface area contributed by atoms with Gasteiger partial charge in [0.25, 0.3) is 17.7 Å². The quantitative estimate of drug-likeness (QED) is 0.0317. The highest BCUT2D eigenvalue weighted by molar-refractivity contribution is 6.39. The topological polar surface area (TPSA) is 567 Å². The second-order valence-corrected chi connectivity index (χ2v) is 44.3. The molecule has 752 valence electrons. The van der Waals surface area contributed by atoms with Crippen molar-refractivity contribution in [3.63, 3.8) is 0 Å². The lowest BCUT2D eigenvalue weighted by Crippen LogP contribution is -2.62. The Kier molecular flexibility index (Phi) is 35.2. The molecule has 6 saturated carbocycles. The van der Waals surface area contributed by atoms with Gasteiger partial charge in [0.1, 0.15) is 56.1 Å². The number of hydrogen-bond acceptors (Lipinski definition) is 21. The predicted octanol–water partition coefficient (Wildman–Crippen LogP) is 4.64. The number of piperidine rings is 3. The monoisotopic (exact) mass is 1890 g/mol. The van der Waals surface area contributed by atoms with Crippen LogP contribution in [0.5, 0.6) is 0 Å². The first-order chi connectivity index (χ1) is 62.9. The summed E-state index contributed by atoms with van der Waals surface area (Å²) >= 11 is 0. The number of likely N-dealkylation sites (tertiary alicyclic amines) is 3. The largest absolute Gasteiger partial charge is 0.447 e. The fraction of sp³-hybridized carbons (Fsp3) is 0.750. The number of carbonyl (C=O) groups is 18. The van der Waals surface area contributed by atoms with Gasteiger partial charge >= 0.3 is 36.4 Å². The van der Waals surface area contributed by atoms with Crippen molar-refractivity contribution in [1.82, 2.24) is 78.5 Å². The van der Waals surface area contributed by atoms with E-state index in [2.05, 4.69) is 77.6 Å². The Morgan fingerprint density at radius 3 is 0.941 bits per heavy atom. The zero-order valence-corrected chi connectivity index (χ0v) is 82.9. The van der Waals surface area contributed by atoms with Crippen LogP contribution in [0.2, 0.25) is 0 Å². The van der Waals surface area contributed by atoms with E-state index < -0.39 is 184 Å². The Labute approximate surface area is 792 Å². The molecule has 1 aromatic carbocycles. The van der Waals surface area contributed by atoms with E-state index in [1.54, 1.807) is 4.90 Å². The van der Waals surface area contributed by atoms with E-state index in [0.29, 0.717) is 51.7 Å². The van der Waals surface area contributed by atoms with Crippen LogP contribution in [0.4, 0.5) is 28.8 Å². The first kappa shape index (κ1) is 108. The minimum absolute atomic E-state index is 0.0578. The molecule has 18 atom stereocenters. The summed E-state index contributed by atoms with van der Waals surface area (Å²) in [5, 5.41) is 32.8. The first-order valence-corrected chi connectivity index (χ1v) is 48.1. The third kappa shape index (κ3) is 26.7. The van der Waals surface area contributed by atoms with E-state index >= 15 is 0 Å². The summed E-state index contributed by atoms with van der Waals surface area (Å²) in [7, 11) is 2.87. The van der Waals surface area contributed by atoms with Crippen LogP contribution in [-0.4, -0.2) is 254 Å². The van der Waals surface area contributed by atoms with E-state index in [0.717, 1.165) is 62.5 Å². The van der Waals surface area contributed by atoms with Crippen molar-refractivity contribution in [2.45, 2.75) is 300 Å². The average molecular weight is 1890 g/mol. The SMILES string of the molecule is CC(C)NC(=O)OC[C@@H](NC(=O)N[C@H](C(=O)N1C[C@H]2[C@@H]([C@H]1C(=O)NC(CC1CCC1)C(=O)C(N)=O)C2(C)C)C1Cc2ccccc2C1)C(C)C.CNC(=O)OC[C@@H](NC(=O)N[C@H](C(=O)N1C[C@H]2[C@@H]([C@H]1C(=O)NC(CC1CC1)C(=O)C(N)=O)C2(C)C)C(C)(C)C)C(C)C.CNC(=O)OC[C@@H](NC(=O)N[C@H](C(=O)N1C[C@H]2[C@@H]([C@H]1C(=O)NC(CC1CCC1)C(=O)C(N)=O)C2(C)C)C(C)(C)C)C(C)C. The lowest BCUT2D eigenvalue weighted by atomic mass is 9.80. The number of ether oxygens (including phenoxy) is 3. The molecule has 0 radical (unpaired) electrons. The number of urea groups is 3. The van der Waals surface area contributed by atoms with Gasteiger partial charge in [-0.1, -0.05) is 200 Å². The van der Waals surface area contributed by atoms with Gasteiger partial charge in [0, 0.05) is 39.8 Å². The van der Waals surface area contributed by atoms with Crippen LogP contribution in [0.15, 0.2) is 24.3 Å². The van der Waals surface area contributed by atoms with Gasteiger partial charge in [0.05, 0.1) is 36.3 Å². The highest BCUT2D eigenvalue weighted by Crippen LogP contribution is 2.67. The van der Waals surface area contributed by atoms with Crippen molar-refractivity contribution in [3.05, 3.63) is 35.4 Å². The summed E-state index contributed by atoms with van der Waals surface area (Å²) < 4.78 is 15.6. The van der Waals surface area contributed by atoms with Gasteiger partial charge in [-0.05, 0) is 161 Å². The number of primary amides is 3. The third-order valence-electron chi connectivity index (χ3n) is 30.0. The van der Waals surface area contributed by atoms with E-state index in [4.69, 9.17) is 31.4 Å². The molecule has 9 fully saturated rings. The molecule has 11 rings (SSSR count). The predicted molar refractivity (Wildman–Crippen MR) is 497 cm³/mol. The van der Waals surface area contributed by atoms with Crippen LogP contribution >= 0.6 is 0 Å². The van der Waals surface area contributed by atoms with Gasteiger partial charge in [-0.25, -0.2) is 28.8 Å². The zero-order valence-electron chi connectivity index (χ0n) is 82.9. The van der Waals surface area contributed by atoms with Crippen molar-refractivity contribution in [3.8, 4) is 0 Å². The molecule has 135 heavy (non-hydrogen) atoms. The van der Waals surface area contributed by atoms with Gasteiger partial charge in [-0.2, -0.15) is 0 Å². The van der Waals surface area contributed by atoms with Gasteiger partial charge in [0.2, 0.25) is 52.8 Å². The number of benzene rings is 1. The van der Waals surface area contributed by atoms with Crippen LogP contribution in [0, 0.1) is 104 Å². The standard InChI is InChI=1S/C37H54N6O7.C30H50N6O7.C29H48N6O7/c1-19(2)27(18-50-36(49)39-20(3)4)41-35(48)42-29(24-15-22-12-7-8-13-23(22)16-24)34(47)43-17-25-28(37(25,5)6)30(43)33(46)40-26(31(44)32(38)45)14-21-10-9-11-21;1-15(2)19(14-43-28(42)32-8)34-27(41)35-23(29(3,4)5)26(40)36-13-17-20(30(17,6)7)21(36)25(39)33-18(22(37)24(31)38)12-16-10-9-11-16;1-14(2)18(13-42-27(41)31-8)33-26(40)34-22(28(3,4)5)25(39)35-12-16-19(29(16,6)7)20(35)24(38)32-17(11-15-9-10-15)21(36)23(30)37/h7-8,12-13,19-21,24-30H,9-11,14-18H2,1-6H3,(H2,38,45)(H,39,49)(H,40,46)(H2,41,42,48);15-21,23H,9-14H2,1-8H3,(H2,31,38)(H,32,42)(H,33,39)(H2,34,35,41);14-20,22H,9-13H2,1-8H3,(H2,30,37)(H,31,41)(H,32,38)(H2,33,34,40)/t25-,26?,27+,28-,29-,30-;17-,18?,19+,20-,21-,23+;16-,17?,18+,19-,20-,22+/m000/s1. The Morgan fingerprint density at radius 2 is 0.681 bits per heavy atom. The summed E-state index contributed by atoms with van der Waals surface area (Å²) in [4.78, 5) is 238. The highest BCUT2D eigenvalue weighted by atomic mass is 16.6.